The van der Waals surface area contributed by atoms with Gasteiger partial charge in [0.1, 0.15) is 0 Å². The predicted octanol–water partition coefficient (Wildman–Crippen LogP) is 11.2. The predicted molar refractivity (Wildman–Crippen MR) is 166 cm³/mol. The maximum atomic E-state index is 4.91. The van der Waals surface area contributed by atoms with E-state index in [1.165, 1.54) is 60.5 Å². The first-order valence-corrected chi connectivity index (χ1v) is 14.3. The molecule has 0 saturated heterocycles. The summed E-state index contributed by atoms with van der Waals surface area (Å²) in [5.41, 5.74) is 10.6. The second-order valence-electron chi connectivity index (χ2n) is 12.1. The summed E-state index contributed by atoms with van der Waals surface area (Å²) in [6.45, 7) is 18.3. The molecule has 1 aromatic heterocycles. The molecule has 1 nitrogen and oxygen atoms in total. The largest absolute Gasteiger partial charge is 0.256 e. The topological polar surface area (TPSA) is 12.9 Å². The van der Waals surface area contributed by atoms with E-state index in [-0.39, 0.29) is 0 Å². The second-order valence-corrected chi connectivity index (χ2v) is 12.1. The van der Waals surface area contributed by atoms with Gasteiger partial charge in [-0.1, -0.05) is 104 Å². The Hall–Kier alpha value is -3.45. The van der Waals surface area contributed by atoms with Crippen LogP contribution in [-0.4, -0.2) is 4.98 Å². The van der Waals surface area contributed by atoms with Gasteiger partial charge in [-0.2, -0.15) is 0 Å². The Morgan fingerprint density at radius 2 is 1.11 bits per heavy atom. The zero-order valence-corrected chi connectivity index (χ0v) is 24.3. The highest BCUT2D eigenvalue weighted by Gasteiger charge is 2.17. The van der Waals surface area contributed by atoms with Gasteiger partial charge in [0.25, 0.3) is 0 Å². The normalized spacial score (nSPS) is 12.1. The summed E-state index contributed by atoms with van der Waals surface area (Å²) in [5.74, 6) is 1.90. The Kier molecular flexibility index (Phi) is 7.14. The summed E-state index contributed by atoms with van der Waals surface area (Å²) >= 11 is 0. The number of hydrogen-bond acceptors (Lipinski definition) is 1. The van der Waals surface area contributed by atoms with E-state index in [0.717, 1.165) is 5.69 Å². The van der Waals surface area contributed by atoms with Crippen molar-refractivity contribution in [2.24, 2.45) is 0 Å². The Labute approximate surface area is 229 Å². The molecule has 0 aliphatic carbocycles. The number of hydrogen-bond donors (Lipinski definition) is 0. The smallest absolute Gasteiger partial charge is 0.0780 e. The first-order valence-electron chi connectivity index (χ1n) is 14.3. The molecule has 0 fully saturated rings. The van der Waals surface area contributed by atoms with Crippen LogP contribution in [0.3, 0.4) is 0 Å². The van der Waals surface area contributed by atoms with Crippen molar-refractivity contribution in [3.63, 3.8) is 0 Å². The summed E-state index contributed by atoms with van der Waals surface area (Å²) in [4.78, 5) is 4.91. The first-order chi connectivity index (χ1) is 18.2. The molecular formula is C37H41N. The lowest BCUT2D eigenvalue weighted by Gasteiger charge is -2.20. The van der Waals surface area contributed by atoms with Gasteiger partial charge in [-0.15, -0.1) is 0 Å². The molecule has 0 bridgehead atoms. The molecule has 0 radical (unpaired) electrons. The zero-order chi connectivity index (χ0) is 27.1. The Balaban J connectivity index is 1.71. The lowest BCUT2D eigenvalue weighted by atomic mass is 9.84. The number of benzene rings is 4. The minimum Gasteiger partial charge on any atom is -0.256 e. The van der Waals surface area contributed by atoms with Crippen LogP contribution >= 0.6 is 0 Å². The van der Waals surface area contributed by atoms with Crippen LogP contribution in [0.1, 0.15) is 101 Å². The van der Waals surface area contributed by atoms with Crippen LogP contribution in [-0.2, 0) is 0 Å². The number of aromatic nitrogens is 1. The molecule has 0 atom stereocenters. The fourth-order valence-corrected chi connectivity index (χ4v) is 5.75. The second kappa shape index (κ2) is 10.4. The third-order valence-corrected chi connectivity index (χ3v) is 8.01. The fourth-order valence-electron chi connectivity index (χ4n) is 5.75. The minimum atomic E-state index is 0.474. The highest BCUT2D eigenvalue weighted by atomic mass is 14.7. The Bertz CT molecular complexity index is 1570. The molecule has 1 heteroatoms. The van der Waals surface area contributed by atoms with Gasteiger partial charge >= 0.3 is 0 Å². The van der Waals surface area contributed by atoms with Crippen molar-refractivity contribution in [2.45, 2.75) is 79.1 Å². The van der Waals surface area contributed by atoms with E-state index in [1.807, 2.05) is 6.20 Å². The van der Waals surface area contributed by atoms with E-state index < -0.39 is 0 Å². The van der Waals surface area contributed by atoms with Crippen LogP contribution in [0.4, 0.5) is 0 Å². The maximum absolute atomic E-state index is 4.91. The molecule has 0 unspecified atom stereocenters. The van der Waals surface area contributed by atoms with E-state index in [0.29, 0.717) is 23.7 Å². The number of nitrogens with zero attached hydrogens (tertiary/aromatic N) is 1. The van der Waals surface area contributed by atoms with Crippen LogP contribution in [0.5, 0.6) is 0 Å². The van der Waals surface area contributed by atoms with Crippen molar-refractivity contribution in [1.82, 2.24) is 4.98 Å². The van der Waals surface area contributed by atoms with Gasteiger partial charge in [0.2, 0.25) is 0 Å². The minimum absolute atomic E-state index is 0.474. The van der Waals surface area contributed by atoms with Crippen LogP contribution in [0.25, 0.3) is 43.9 Å². The average molecular weight is 500 g/mol. The van der Waals surface area contributed by atoms with Gasteiger partial charge in [-0.05, 0) is 97.5 Å². The lowest BCUT2D eigenvalue weighted by Crippen LogP contribution is -1.99. The Morgan fingerprint density at radius 3 is 1.68 bits per heavy atom. The maximum Gasteiger partial charge on any atom is 0.0780 e. The van der Waals surface area contributed by atoms with Crippen LogP contribution in [0.15, 0.2) is 79.0 Å². The van der Waals surface area contributed by atoms with Crippen molar-refractivity contribution < 1.29 is 0 Å². The number of rotatable bonds is 6. The highest BCUT2D eigenvalue weighted by Crippen LogP contribution is 2.39. The molecule has 0 spiro atoms. The first kappa shape index (κ1) is 26.2. The fraction of sp³-hybridized carbons (Fsp3) is 0.324. The van der Waals surface area contributed by atoms with Crippen LogP contribution in [0.2, 0.25) is 0 Å². The summed E-state index contributed by atoms with van der Waals surface area (Å²) in [5, 5.41) is 5.04. The molecule has 194 valence electrons. The lowest BCUT2D eigenvalue weighted by molar-refractivity contribution is 0.834. The van der Waals surface area contributed by atoms with Gasteiger partial charge in [0, 0.05) is 17.1 Å². The van der Waals surface area contributed by atoms with Crippen molar-refractivity contribution >= 4 is 21.5 Å². The average Bonchev–Trinajstić information content (AvgIpc) is 2.91. The quantitative estimate of drug-likeness (QED) is 0.212. The highest BCUT2D eigenvalue weighted by molar-refractivity contribution is 6.12. The molecule has 5 aromatic rings. The molecule has 0 aliphatic rings. The van der Waals surface area contributed by atoms with E-state index in [1.54, 1.807) is 0 Å². The van der Waals surface area contributed by atoms with Gasteiger partial charge in [0.15, 0.2) is 0 Å². The number of pyridine rings is 1. The van der Waals surface area contributed by atoms with E-state index >= 15 is 0 Å². The summed E-state index contributed by atoms with van der Waals surface area (Å²) in [7, 11) is 0. The summed E-state index contributed by atoms with van der Waals surface area (Å²) in [6.07, 6.45) is 1.98. The van der Waals surface area contributed by atoms with Crippen LogP contribution < -0.4 is 0 Å². The zero-order valence-electron chi connectivity index (χ0n) is 24.3. The molecule has 0 aliphatic heterocycles. The molecule has 4 aromatic carbocycles. The molecule has 1 heterocycles. The molecule has 0 amide bonds. The third kappa shape index (κ3) is 4.75. The summed E-state index contributed by atoms with van der Waals surface area (Å²) in [6, 6.07) is 27.6. The van der Waals surface area contributed by atoms with Crippen molar-refractivity contribution in [3.05, 3.63) is 101 Å². The van der Waals surface area contributed by atoms with E-state index in [4.69, 9.17) is 4.98 Å². The molecule has 0 saturated carbocycles. The van der Waals surface area contributed by atoms with Gasteiger partial charge in [-0.3, -0.25) is 4.98 Å². The van der Waals surface area contributed by atoms with Gasteiger partial charge in [0.05, 0.1) is 5.69 Å². The number of fused-ring (bicyclic) bond motifs is 3. The van der Waals surface area contributed by atoms with Crippen molar-refractivity contribution in [3.8, 4) is 22.4 Å². The van der Waals surface area contributed by atoms with E-state index in [2.05, 4.69) is 128 Å². The Morgan fingerprint density at radius 1 is 0.500 bits per heavy atom. The SMILES string of the molecule is CC(C)c1cc(-c2nccc3c2ccc2cc(-c4c(C(C)C)cccc4C(C)C)ccc23)cc(C(C)C)c1. The van der Waals surface area contributed by atoms with Crippen molar-refractivity contribution in [2.75, 3.05) is 0 Å². The van der Waals surface area contributed by atoms with Crippen molar-refractivity contribution in [1.29, 1.82) is 0 Å². The van der Waals surface area contributed by atoms with Gasteiger partial charge < -0.3 is 0 Å². The molecule has 38 heavy (non-hydrogen) atoms. The standard InChI is InChI=1S/C37H41N/c1-22(2)28-19-29(23(3)4)21-30(20-28)37-35-15-12-26-18-27(13-14-33(26)34(35)16-17-38-37)36-31(24(5)6)10-9-11-32(36)25(7)8/h9-25H,1-8H3. The molecule has 5 rings (SSSR count). The van der Waals surface area contributed by atoms with Gasteiger partial charge in [-0.25, -0.2) is 0 Å². The summed E-state index contributed by atoms with van der Waals surface area (Å²) < 4.78 is 0. The van der Waals surface area contributed by atoms with Crippen LogP contribution in [0, 0.1) is 0 Å². The molecule has 0 N–H and O–H groups in total. The van der Waals surface area contributed by atoms with E-state index in [9.17, 15) is 0 Å². The monoisotopic (exact) mass is 499 g/mol. The molecular weight excluding hydrogens is 458 g/mol. The third-order valence-electron chi connectivity index (χ3n) is 8.01.